The van der Waals surface area contributed by atoms with Gasteiger partial charge in [0.15, 0.2) is 11.5 Å². The quantitative estimate of drug-likeness (QED) is 0.744. The van der Waals surface area contributed by atoms with E-state index in [2.05, 4.69) is 11.2 Å². The molecule has 0 aliphatic carbocycles. The topological polar surface area (TPSA) is 60.1 Å². The van der Waals surface area contributed by atoms with Gasteiger partial charge >= 0.3 is 0 Å². The second kappa shape index (κ2) is 5.50. The number of hydrogen-bond donors (Lipinski definition) is 0. The van der Waals surface area contributed by atoms with Gasteiger partial charge in [0, 0.05) is 17.3 Å². The largest absolute Gasteiger partial charge is 0.454 e. The highest BCUT2D eigenvalue weighted by Gasteiger charge is 2.17. The normalized spacial score (nSPS) is 12.1. The maximum Gasteiger partial charge on any atom is 0.231 e. The second-order valence-corrected chi connectivity index (χ2v) is 5.19. The molecule has 5 nitrogen and oxygen atoms in total. The minimum atomic E-state index is 0.238. The van der Waals surface area contributed by atoms with E-state index in [0.717, 1.165) is 28.3 Å². The van der Waals surface area contributed by atoms with Crippen molar-refractivity contribution in [2.75, 3.05) is 6.79 Å². The van der Waals surface area contributed by atoms with Crippen molar-refractivity contribution in [2.45, 2.75) is 6.42 Å². The van der Waals surface area contributed by atoms with Gasteiger partial charge in [0.2, 0.25) is 6.79 Å². The Bertz CT molecular complexity index is 894. The smallest absolute Gasteiger partial charge is 0.231 e. The van der Waals surface area contributed by atoms with Crippen molar-refractivity contribution < 1.29 is 9.47 Å². The third-order valence-corrected chi connectivity index (χ3v) is 3.73. The first-order chi connectivity index (χ1) is 11.3. The summed E-state index contributed by atoms with van der Waals surface area (Å²) in [6.07, 6.45) is 2.20. The Kier molecular flexibility index (Phi) is 3.21. The number of nitriles is 1. The number of fused-ring (bicyclic) bond motifs is 1. The fourth-order valence-corrected chi connectivity index (χ4v) is 2.62. The first kappa shape index (κ1) is 13.4. The lowest BCUT2D eigenvalue weighted by molar-refractivity contribution is 0.174. The summed E-state index contributed by atoms with van der Waals surface area (Å²) in [5, 5.41) is 13.8. The number of para-hydroxylation sites is 1. The molecule has 3 aromatic rings. The van der Waals surface area contributed by atoms with Crippen LogP contribution in [-0.4, -0.2) is 16.6 Å². The van der Waals surface area contributed by atoms with E-state index in [9.17, 15) is 0 Å². The zero-order valence-electron chi connectivity index (χ0n) is 12.3. The van der Waals surface area contributed by atoms with E-state index >= 15 is 0 Å². The highest BCUT2D eigenvalue weighted by Crippen LogP contribution is 2.36. The highest BCUT2D eigenvalue weighted by molar-refractivity contribution is 5.67. The molecule has 0 spiro atoms. The van der Waals surface area contributed by atoms with Gasteiger partial charge in [-0.1, -0.05) is 18.2 Å². The second-order valence-electron chi connectivity index (χ2n) is 5.19. The van der Waals surface area contributed by atoms with Crippen LogP contribution in [0.15, 0.2) is 54.7 Å². The van der Waals surface area contributed by atoms with Crippen LogP contribution < -0.4 is 9.47 Å². The number of ether oxygens (including phenoxy) is 2. The monoisotopic (exact) mass is 303 g/mol. The van der Waals surface area contributed by atoms with Gasteiger partial charge in [-0.25, -0.2) is 4.68 Å². The molecular formula is C18H13N3O2. The fourth-order valence-electron chi connectivity index (χ4n) is 2.62. The molecule has 4 rings (SSSR count). The van der Waals surface area contributed by atoms with Crippen LogP contribution >= 0.6 is 0 Å². The number of hydrogen-bond acceptors (Lipinski definition) is 4. The number of benzene rings is 2. The van der Waals surface area contributed by atoms with Gasteiger partial charge in [0.05, 0.1) is 23.9 Å². The molecule has 0 radical (unpaired) electrons. The average molecular weight is 303 g/mol. The summed E-state index contributed by atoms with van der Waals surface area (Å²) in [5.74, 6) is 1.44. The molecule has 112 valence electrons. The molecule has 1 aliphatic rings. The van der Waals surface area contributed by atoms with Crippen LogP contribution in [0.1, 0.15) is 5.56 Å². The molecule has 1 aliphatic heterocycles. The molecular weight excluding hydrogens is 290 g/mol. The predicted molar refractivity (Wildman–Crippen MR) is 84.4 cm³/mol. The standard InChI is InChI=1S/C18H13N3O2/c19-9-8-14-11-21(15-4-2-1-3-5-15)20-18(14)13-6-7-16-17(10-13)23-12-22-16/h1-7,10-11H,8,12H2. The summed E-state index contributed by atoms with van der Waals surface area (Å²) >= 11 is 0. The molecule has 1 aromatic heterocycles. The van der Waals surface area contributed by atoms with Gasteiger partial charge < -0.3 is 9.47 Å². The van der Waals surface area contributed by atoms with Crippen molar-refractivity contribution in [3.05, 3.63) is 60.3 Å². The SMILES string of the molecule is N#CCc1cn(-c2ccccc2)nc1-c1ccc2c(c1)OCO2. The fraction of sp³-hybridized carbons (Fsp3) is 0.111. The number of nitrogens with zero attached hydrogens (tertiary/aromatic N) is 3. The van der Waals surface area contributed by atoms with Crippen LogP contribution in [-0.2, 0) is 6.42 Å². The summed E-state index contributed by atoms with van der Waals surface area (Å²) in [4.78, 5) is 0. The van der Waals surface area contributed by atoms with E-state index in [1.165, 1.54) is 0 Å². The Morgan fingerprint density at radius 3 is 2.74 bits per heavy atom. The summed E-state index contributed by atoms with van der Waals surface area (Å²) in [7, 11) is 0. The Morgan fingerprint density at radius 1 is 1.09 bits per heavy atom. The summed E-state index contributed by atoms with van der Waals surface area (Å²) in [6.45, 7) is 0.238. The van der Waals surface area contributed by atoms with Gasteiger partial charge in [-0.3, -0.25) is 0 Å². The highest BCUT2D eigenvalue weighted by atomic mass is 16.7. The molecule has 0 amide bonds. The molecule has 0 saturated carbocycles. The van der Waals surface area contributed by atoms with E-state index < -0.39 is 0 Å². The van der Waals surface area contributed by atoms with Crippen molar-refractivity contribution in [1.82, 2.24) is 9.78 Å². The molecule has 0 fully saturated rings. The van der Waals surface area contributed by atoms with E-state index in [1.807, 2.05) is 54.7 Å². The Balaban J connectivity index is 1.81. The van der Waals surface area contributed by atoms with Crippen LogP contribution in [0.2, 0.25) is 0 Å². The molecule has 0 atom stereocenters. The lowest BCUT2D eigenvalue weighted by atomic mass is 10.1. The molecule has 23 heavy (non-hydrogen) atoms. The molecule has 2 heterocycles. The minimum Gasteiger partial charge on any atom is -0.454 e. The maximum absolute atomic E-state index is 9.09. The first-order valence-corrected chi connectivity index (χ1v) is 7.26. The summed E-state index contributed by atoms with van der Waals surface area (Å²) in [6, 6.07) is 17.7. The maximum atomic E-state index is 9.09. The predicted octanol–water partition coefficient (Wildman–Crippen LogP) is 3.33. The zero-order chi connectivity index (χ0) is 15.6. The minimum absolute atomic E-state index is 0.238. The van der Waals surface area contributed by atoms with E-state index in [-0.39, 0.29) is 6.79 Å². The Labute approximate surface area is 133 Å². The third kappa shape index (κ3) is 2.40. The van der Waals surface area contributed by atoms with E-state index in [0.29, 0.717) is 12.2 Å². The van der Waals surface area contributed by atoms with Gasteiger partial charge in [-0.05, 0) is 30.3 Å². The Hall–Kier alpha value is -3.26. The van der Waals surface area contributed by atoms with Gasteiger partial charge in [0.1, 0.15) is 0 Å². The van der Waals surface area contributed by atoms with Crippen molar-refractivity contribution in [3.8, 4) is 34.5 Å². The summed E-state index contributed by atoms with van der Waals surface area (Å²) < 4.78 is 12.6. The van der Waals surface area contributed by atoms with Crippen LogP contribution in [0.3, 0.4) is 0 Å². The van der Waals surface area contributed by atoms with Crippen molar-refractivity contribution in [1.29, 1.82) is 5.26 Å². The summed E-state index contributed by atoms with van der Waals surface area (Å²) in [5.41, 5.74) is 3.54. The van der Waals surface area contributed by atoms with Crippen LogP contribution in [0, 0.1) is 11.3 Å². The van der Waals surface area contributed by atoms with E-state index in [4.69, 9.17) is 14.7 Å². The lowest BCUT2D eigenvalue weighted by Crippen LogP contribution is -1.94. The lowest BCUT2D eigenvalue weighted by Gasteiger charge is -2.02. The van der Waals surface area contributed by atoms with Crippen molar-refractivity contribution in [3.63, 3.8) is 0 Å². The molecule has 0 unspecified atom stereocenters. The van der Waals surface area contributed by atoms with Crippen molar-refractivity contribution >= 4 is 0 Å². The Morgan fingerprint density at radius 2 is 1.91 bits per heavy atom. The molecule has 2 aromatic carbocycles. The van der Waals surface area contributed by atoms with Crippen molar-refractivity contribution in [2.24, 2.45) is 0 Å². The average Bonchev–Trinajstić information content (AvgIpc) is 3.22. The number of aromatic nitrogens is 2. The van der Waals surface area contributed by atoms with Gasteiger partial charge in [0.25, 0.3) is 0 Å². The number of rotatable bonds is 3. The molecule has 0 N–H and O–H groups in total. The third-order valence-electron chi connectivity index (χ3n) is 3.73. The van der Waals surface area contributed by atoms with Crippen LogP contribution in [0.25, 0.3) is 16.9 Å². The first-order valence-electron chi connectivity index (χ1n) is 7.26. The molecule has 0 saturated heterocycles. The van der Waals surface area contributed by atoms with Crippen LogP contribution in [0.4, 0.5) is 0 Å². The molecule has 5 heteroatoms. The zero-order valence-corrected chi connectivity index (χ0v) is 12.3. The van der Waals surface area contributed by atoms with Gasteiger partial charge in [-0.2, -0.15) is 10.4 Å². The van der Waals surface area contributed by atoms with Gasteiger partial charge in [-0.15, -0.1) is 0 Å². The van der Waals surface area contributed by atoms with E-state index in [1.54, 1.807) is 4.68 Å². The van der Waals surface area contributed by atoms with Crippen LogP contribution in [0.5, 0.6) is 11.5 Å². The molecule has 0 bridgehead atoms.